The van der Waals surface area contributed by atoms with E-state index in [4.69, 9.17) is 0 Å². The topological polar surface area (TPSA) is 42.0 Å². The number of carbonyl (C=O) groups is 1. The Morgan fingerprint density at radius 2 is 1.15 bits per heavy atom. The van der Waals surface area contributed by atoms with Gasteiger partial charge in [0, 0.05) is 24.9 Å². The van der Waals surface area contributed by atoms with Crippen LogP contribution in [0.1, 0.15) is 5.69 Å². The average molecular weight is 518 g/mol. The molecule has 0 atom stereocenters. The Balaban J connectivity index is 3.26. The highest BCUT2D eigenvalue weighted by Gasteiger charge is 2.94. The van der Waals surface area contributed by atoms with Gasteiger partial charge in [0.2, 0.25) is 0 Å². The predicted molar refractivity (Wildman–Crippen MR) is 76.7 cm³/mol. The summed E-state index contributed by atoms with van der Waals surface area (Å²) in [5.41, 5.74) is 0.0127. The third-order valence-corrected chi connectivity index (χ3v) is 4.01. The second kappa shape index (κ2) is 8.41. The van der Waals surface area contributed by atoms with Crippen LogP contribution < -0.4 is 5.32 Å². The number of carbonyl (C=O) groups excluding carboxylic acids is 1. The molecule has 0 aromatic carbocycles. The maximum Gasteiger partial charge on any atom is 0.460 e. The Morgan fingerprint density at radius 3 is 1.58 bits per heavy atom. The van der Waals surface area contributed by atoms with Crippen molar-refractivity contribution >= 4 is 5.91 Å². The van der Waals surface area contributed by atoms with Gasteiger partial charge in [-0.3, -0.25) is 9.78 Å². The molecule has 0 radical (unpaired) electrons. The van der Waals surface area contributed by atoms with Gasteiger partial charge in [-0.05, 0) is 12.1 Å². The monoisotopic (exact) mass is 518 g/mol. The third kappa shape index (κ3) is 4.39. The lowest BCUT2D eigenvalue weighted by Gasteiger charge is -2.41. The molecule has 1 aromatic rings. The van der Waals surface area contributed by atoms with E-state index >= 15 is 0 Å². The molecule has 0 aliphatic carbocycles. The molecule has 33 heavy (non-hydrogen) atoms. The Hall–Kier alpha value is -2.43. The first-order valence-electron chi connectivity index (χ1n) is 8.02. The fraction of sp³-hybridized carbons (Fsp3) is 0.600. The summed E-state index contributed by atoms with van der Waals surface area (Å²) in [5, 5.41) is 0.891. The zero-order chi connectivity index (χ0) is 26.3. The average Bonchev–Trinajstić information content (AvgIpc) is 2.66. The van der Waals surface area contributed by atoms with Crippen molar-refractivity contribution < 1.29 is 70.7 Å². The third-order valence-electron chi connectivity index (χ3n) is 4.01. The summed E-state index contributed by atoms with van der Waals surface area (Å²) >= 11 is 0. The van der Waals surface area contributed by atoms with Crippen molar-refractivity contribution in [2.45, 2.75) is 48.1 Å². The Kier molecular flexibility index (Phi) is 7.29. The molecule has 3 nitrogen and oxygen atoms in total. The van der Waals surface area contributed by atoms with Crippen molar-refractivity contribution in [2.75, 3.05) is 6.54 Å². The Morgan fingerprint density at radius 1 is 0.697 bits per heavy atom. The molecule has 1 amide bonds. The minimum atomic E-state index is -8.43. The normalized spacial score (nSPS) is 14.9. The molecule has 18 heteroatoms. The molecular weight excluding hydrogens is 509 g/mol. The summed E-state index contributed by atoms with van der Waals surface area (Å²) in [4.78, 5) is 14.8. The van der Waals surface area contributed by atoms with Crippen LogP contribution in [0.25, 0.3) is 0 Å². The van der Waals surface area contributed by atoms with Crippen molar-refractivity contribution in [1.29, 1.82) is 0 Å². The Bertz CT molecular complexity index is 835. The van der Waals surface area contributed by atoms with Crippen molar-refractivity contribution in [1.82, 2.24) is 10.3 Å². The van der Waals surface area contributed by atoms with Gasteiger partial charge in [0.1, 0.15) is 0 Å². The predicted octanol–water partition coefficient (Wildman–Crippen LogP) is 5.11. The maximum absolute atomic E-state index is 13.6. The molecular formula is C15H9F15N2O. The molecule has 190 valence electrons. The van der Waals surface area contributed by atoms with E-state index in [1.807, 2.05) is 0 Å². The largest absolute Gasteiger partial charge is 0.460 e. The van der Waals surface area contributed by atoms with Gasteiger partial charge >= 0.3 is 41.7 Å². The zero-order valence-corrected chi connectivity index (χ0v) is 15.2. The molecule has 1 rings (SSSR count). The molecule has 0 fully saturated rings. The van der Waals surface area contributed by atoms with E-state index in [-0.39, 0.29) is 5.69 Å². The minimum Gasteiger partial charge on any atom is -0.350 e. The van der Waals surface area contributed by atoms with E-state index in [0.717, 1.165) is 11.5 Å². The summed E-state index contributed by atoms with van der Waals surface area (Å²) < 4.78 is 196. The number of aromatic nitrogens is 1. The number of pyridine rings is 1. The lowest BCUT2D eigenvalue weighted by Crippen LogP contribution is -2.74. The van der Waals surface area contributed by atoms with Crippen LogP contribution in [-0.4, -0.2) is 59.1 Å². The molecule has 0 bridgehead atoms. The van der Waals surface area contributed by atoms with Gasteiger partial charge in [-0.2, -0.15) is 65.9 Å². The van der Waals surface area contributed by atoms with Gasteiger partial charge in [-0.1, -0.05) is 6.07 Å². The number of hydrogen-bond acceptors (Lipinski definition) is 2. The smallest absolute Gasteiger partial charge is 0.350 e. The van der Waals surface area contributed by atoms with Crippen molar-refractivity contribution in [2.24, 2.45) is 0 Å². The number of hydrogen-bond donors (Lipinski definition) is 1. The van der Waals surface area contributed by atoms with Crippen molar-refractivity contribution in [3.8, 4) is 0 Å². The fourth-order valence-corrected chi connectivity index (χ4v) is 2.07. The lowest BCUT2D eigenvalue weighted by atomic mass is 9.91. The summed E-state index contributed by atoms with van der Waals surface area (Å²) in [6.07, 6.45) is -7.06. The van der Waals surface area contributed by atoms with Crippen LogP contribution in [0.5, 0.6) is 0 Å². The maximum atomic E-state index is 13.6. The second-order valence-electron chi connectivity index (χ2n) is 6.27. The van der Waals surface area contributed by atoms with Gasteiger partial charge < -0.3 is 5.32 Å². The van der Waals surface area contributed by atoms with Gasteiger partial charge in [-0.25, -0.2) is 0 Å². The van der Waals surface area contributed by atoms with Crippen LogP contribution >= 0.6 is 0 Å². The molecule has 0 spiro atoms. The van der Waals surface area contributed by atoms with Gasteiger partial charge in [0.05, 0.1) is 0 Å². The second-order valence-corrected chi connectivity index (χ2v) is 6.27. The first kappa shape index (κ1) is 28.6. The molecule has 0 aliphatic rings. The van der Waals surface area contributed by atoms with Gasteiger partial charge in [0.15, 0.2) is 0 Å². The number of alkyl halides is 15. The molecule has 1 heterocycles. The van der Waals surface area contributed by atoms with E-state index in [2.05, 4.69) is 4.98 Å². The van der Waals surface area contributed by atoms with Gasteiger partial charge in [0.25, 0.3) is 5.91 Å². The fourth-order valence-electron chi connectivity index (χ4n) is 2.07. The van der Waals surface area contributed by atoms with Crippen LogP contribution in [0.2, 0.25) is 0 Å². The van der Waals surface area contributed by atoms with Crippen LogP contribution in [-0.2, 0) is 11.2 Å². The highest BCUT2D eigenvalue weighted by atomic mass is 19.4. The summed E-state index contributed by atoms with van der Waals surface area (Å²) in [6.45, 7) is -1.06. The van der Waals surface area contributed by atoms with Crippen molar-refractivity contribution in [3.05, 3.63) is 30.1 Å². The summed E-state index contributed by atoms with van der Waals surface area (Å²) in [6, 6.07) is 3.89. The molecule has 0 aliphatic heterocycles. The summed E-state index contributed by atoms with van der Waals surface area (Å²) in [7, 11) is 0. The van der Waals surface area contributed by atoms with E-state index in [9.17, 15) is 70.7 Å². The number of nitrogens with one attached hydrogen (secondary N) is 1. The van der Waals surface area contributed by atoms with Crippen LogP contribution in [0.4, 0.5) is 65.9 Å². The van der Waals surface area contributed by atoms with E-state index in [1.54, 1.807) is 0 Å². The first-order chi connectivity index (χ1) is 14.5. The SMILES string of the molecule is O=C(NCCc1ccccn1)C(F)(F)C(F)(F)C(F)(F)C(F)(F)C(F)(F)C(F)(F)C(F)(F)F. The number of halogens is 15. The van der Waals surface area contributed by atoms with Gasteiger partial charge in [-0.15, -0.1) is 0 Å². The van der Waals surface area contributed by atoms with Crippen molar-refractivity contribution in [3.63, 3.8) is 0 Å². The molecule has 0 unspecified atom stereocenters. The first-order valence-corrected chi connectivity index (χ1v) is 8.02. The standard InChI is InChI=1S/C15H9F15N2O/c16-9(17,8(33)32-6-4-7-3-1-2-5-31-7)10(18,19)11(20,21)12(22,23)13(24,25)14(26,27)15(28,29)30/h1-3,5H,4,6H2,(H,32,33). The van der Waals surface area contributed by atoms with E-state index in [0.29, 0.717) is 0 Å². The molecule has 1 N–H and O–H groups in total. The lowest BCUT2D eigenvalue weighted by molar-refractivity contribution is -0.449. The summed E-state index contributed by atoms with van der Waals surface area (Å²) in [5.74, 6) is -51.4. The quantitative estimate of drug-likeness (QED) is 0.462. The molecule has 1 aromatic heterocycles. The number of rotatable bonds is 9. The van der Waals surface area contributed by atoms with Crippen LogP contribution in [0.3, 0.4) is 0 Å². The highest BCUT2D eigenvalue weighted by Crippen LogP contribution is 2.62. The zero-order valence-electron chi connectivity index (χ0n) is 15.2. The number of nitrogens with zero attached hydrogens (tertiary/aromatic N) is 1. The molecule has 0 saturated heterocycles. The highest BCUT2D eigenvalue weighted by molar-refractivity contribution is 5.84. The van der Waals surface area contributed by atoms with E-state index in [1.165, 1.54) is 18.2 Å². The molecule has 0 saturated carbocycles. The minimum absolute atomic E-state index is 0.0127. The van der Waals surface area contributed by atoms with Crippen LogP contribution in [0.15, 0.2) is 24.4 Å². The van der Waals surface area contributed by atoms with Crippen LogP contribution in [0, 0.1) is 0 Å². The Labute approximate surface area is 172 Å². The van der Waals surface area contributed by atoms with E-state index < -0.39 is 60.6 Å². The number of amides is 1.